The van der Waals surface area contributed by atoms with Gasteiger partial charge in [0.05, 0.1) is 0 Å². The molecule has 1 aliphatic heterocycles. The summed E-state index contributed by atoms with van der Waals surface area (Å²) in [6.45, 7) is 9.83. The van der Waals surface area contributed by atoms with Gasteiger partial charge in [-0.05, 0) is 56.8 Å². The van der Waals surface area contributed by atoms with Crippen LogP contribution in [0.1, 0.15) is 51.7 Å². The predicted octanol–water partition coefficient (Wildman–Crippen LogP) is 3.72. The lowest BCUT2D eigenvalue weighted by molar-refractivity contribution is 0.138. The number of nitrogens with one attached hydrogen (secondary N) is 1. The minimum absolute atomic E-state index is 0.0257. The first-order valence-electron chi connectivity index (χ1n) is 7.50. The number of hydrogen-bond donors (Lipinski definition) is 1. The van der Waals surface area contributed by atoms with Gasteiger partial charge in [0.15, 0.2) is 0 Å². The van der Waals surface area contributed by atoms with Gasteiger partial charge in [-0.1, -0.05) is 26.0 Å². The molecular formula is C17H27NO. The van der Waals surface area contributed by atoms with Gasteiger partial charge in [-0.25, -0.2) is 0 Å². The molecule has 0 saturated heterocycles. The fourth-order valence-electron chi connectivity index (χ4n) is 2.66. The molecule has 1 heterocycles. The van der Waals surface area contributed by atoms with Crippen molar-refractivity contribution in [2.45, 2.75) is 65.0 Å². The highest BCUT2D eigenvalue weighted by Crippen LogP contribution is 2.35. The third kappa shape index (κ3) is 4.24. The second kappa shape index (κ2) is 5.96. The molecule has 0 atom stereocenters. The number of benzene rings is 1. The number of ether oxygens (including phenoxy) is 1. The Morgan fingerprint density at radius 3 is 2.79 bits per heavy atom. The molecule has 2 heteroatoms. The number of unbranched alkanes of at least 4 members (excludes halogenated alkanes) is 1. The molecule has 19 heavy (non-hydrogen) atoms. The van der Waals surface area contributed by atoms with Crippen LogP contribution < -0.4 is 10.1 Å². The Morgan fingerprint density at radius 1 is 1.26 bits per heavy atom. The average molecular weight is 261 g/mol. The zero-order chi connectivity index (χ0) is 13.9. The van der Waals surface area contributed by atoms with E-state index in [4.69, 9.17) is 4.74 Å². The van der Waals surface area contributed by atoms with E-state index in [1.807, 2.05) is 0 Å². The van der Waals surface area contributed by atoms with Crippen molar-refractivity contribution >= 4 is 0 Å². The van der Waals surface area contributed by atoms with Crippen LogP contribution in [0.15, 0.2) is 18.2 Å². The van der Waals surface area contributed by atoms with E-state index in [1.54, 1.807) is 0 Å². The topological polar surface area (TPSA) is 21.3 Å². The van der Waals surface area contributed by atoms with E-state index in [1.165, 1.54) is 30.4 Å². The van der Waals surface area contributed by atoms with Crippen LogP contribution in [0.2, 0.25) is 0 Å². The number of fused-ring (bicyclic) bond motifs is 1. The molecule has 1 aromatic carbocycles. The van der Waals surface area contributed by atoms with Crippen LogP contribution >= 0.6 is 0 Å². The van der Waals surface area contributed by atoms with E-state index >= 15 is 0 Å². The zero-order valence-electron chi connectivity index (χ0n) is 12.8. The van der Waals surface area contributed by atoms with Crippen molar-refractivity contribution in [3.8, 4) is 5.75 Å². The summed E-state index contributed by atoms with van der Waals surface area (Å²) in [4.78, 5) is 0. The molecule has 0 fully saturated rings. The van der Waals surface area contributed by atoms with Gasteiger partial charge in [0.1, 0.15) is 11.4 Å². The van der Waals surface area contributed by atoms with Crippen molar-refractivity contribution in [2.24, 2.45) is 0 Å². The Kier molecular flexibility index (Phi) is 4.51. The first kappa shape index (κ1) is 14.4. The van der Waals surface area contributed by atoms with E-state index in [-0.39, 0.29) is 5.60 Å². The lowest BCUT2D eigenvalue weighted by Gasteiger charge is -2.16. The maximum atomic E-state index is 5.91. The summed E-state index contributed by atoms with van der Waals surface area (Å²) in [5, 5.41) is 3.46. The van der Waals surface area contributed by atoms with Gasteiger partial charge in [-0.2, -0.15) is 0 Å². The van der Waals surface area contributed by atoms with Gasteiger partial charge < -0.3 is 10.1 Å². The standard InChI is InChI=1S/C17H27NO/c1-13(2)18-10-6-5-7-14-8-9-16-15(11-14)12-17(3,4)19-16/h8-9,11,13,18H,5-7,10,12H2,1-4H3. The molecule has 0 aliphatic carbocycles. The van der Waals surface area contributed by atoms with Crippen molar-refractivity contribution in [1.29, 1.82) is 0 Å². The third-order valence-electron chi connectivity index (χ3n) is 3.57. The van der Waals surface area contributed by atoms with Crippen LogP contribution in [-0.4, -0.2) is 18.2 Å². The molecule has 0 aromatic heterocycles. The van der Waals surface area contributed by atoms with Crippen LogP contribution in [0.5, 0.6) is 5.75 Å². The van der Waals surface area contributed by atoms with Crippen molar-refractivity contribution < 1.29 is 4.74 Å². The fraction of sp³-hybridized carbons (Fsp3) is 0.647. The summed E-state index contributed by atoms with van der Waals surface area (Å²) in [6, 6.07) is 7.29. The largest absolute Gasteiger partial charge is 0.487 e. The molecular weight excluding hydrogens is 234 g/mol. The molecule has 0 unspecified atom stereocenters. The Hall–Kier alpha value is -1.02. The van der Waals surface area contributed by atoms with Gasteiger partial charge >= 0.3 is 0 Å². The summed E-state index contributed by atoms with van der Waals surface area (Å²) in [7, 11) is 0. The second-order valence-electron chi connectivity index (χ2n) is 6.55. The lowest BCUT2D eigenvalue weighted by Crippen LogP contribution is -2.24. The number of rotatable bonds is 6. The van der Waals surface area contributed by atoms with Crippen molar-refractivity contribution in [2.75, 3.05) is 6.54 Å². The molecule has 0 bridgehead atoms. The SMILES string of the molecule is CC(C)NCCCCc1ccc2c(c1)CC(C)(C)O2. The molecule has 0 saturated carbocycles. The molecule has 2 nitrogen and oxygen atoms in total. The highest BCUT2D eigenvalue weighted by Gasteiger charge is 2.29. The molecule has 0 radical (unpaired) electrons. The van der Waals surface area contributed by atoms with Gasteiger partial charge in [-0.3, -0.25) is 0 Å². The second-order valence-corrected chi connectivity index (χ2v) is 6.55. The Bertz CT molecular complexity index is 423. The predicted molar refractivity (Wildman–Crippen MR) is 80.9 cm³/mol. The molecule has 1 N–H and O–H groups in total. The van der Waals surface area contributed by atoms with Crippen LogP contribution in [0, 0.1) is 0 Å². The summed E-state index contributed by atoms with van der Waals surface area (Å²) in [5.41, 5.74) is 2.80. The Labute approximate surface area is 117 Å². The fourth-order valence-corrected chi connectivity index (χ4v) is 2.66. The maximum absolute atomic E-state index is 5.91. The number of aryl methyl sites for hydroxylation is 1. The number of hydrogen-bond acceptors (Lipinski definition) is 2. The minimum atomic E-state index is -0.0257. The molecule has 0 spiro atoms. The van der Waals surface area contributed by atoms with Crippen LogP contribution in [0.3, 0.4) is 0 Å². The molecule has 1 aliphatic rings. The summed E-state index contributed by atoms with van der Waals surface area (Å²) >= 11 is 0. The smallest absolute Gasteiger partial charge is 0.123 e. The van der Waals surface area contributed by atoms with Gasteiger partial charge in [0, 0.05) is 12.5 Å². The maximum Gasteiger partial charge on any atom is 0.123 e. The lowest BCUT2D eigenvalue weighted by atomic mass is 9.98. The van der Waals surface area contributed by atoms with Gasteiger partial charge in [0.2, 0.25) is 0 Å². The van der Waals surface area contributed by atoms with Crippen molar-refractivity contribution in [3.05, 3.63) is 29.3 Å². The first-order chi connectivity index (χ1) is 8.96. The van der Waals surface area contributed by atoms with Crippen LogP contribution in [0.25, 0.3) is 0 Å². The molecule has 1 aromatic rings. The minimum Gasteiger partial charge on any atom is -0.487 e. The van der Waals surface area contributed by atoms with E-state index in [0.29, 0.717) is 6.04 Å². The Balaban J connectivity index is 1.80. The molecule has 2 rings (SSSR count). The van der Waals surface area contributed by atoms with Gasteiger partial charge in [-0.15, -0.1) is 0 Å². The summed E-state index contributed by atoms with van der Waals surface area (Å²) in [5.74, 6) is 1.08. The zero-order valence-corrected chi connectivity index (χ0v) is 12.8. The highest BCUT2D eigenvalue weighted by molar-refractivity contribution is 5.41. The van der Waals surface area contributed by atoms with Gasteiger partial charge in [0.25, 0.3) is 0 Å². The highest BCUT2D eigenvalue weighted by atomic mass is 16.5. The first-order valence-corrected chi connectivity index (χ1v) is 7.50. The van der Waals surface area contributed by atoms with Crippen molar-refractivity contribution in [1.82, 2.24) is 5.32 Å². The van der Waals surface area contributed by atoms with E-state index in [9.17, 15) is 0 Å². The average Bonchev–Trinajstić information content (AvgIpc) is 2.61. The summed E-state index contributed by atoms with van der Waals surface area (Å²) < 4.78 is 5.91. The molecule has 106 valence electrons. The van der Waals surface area contributed by atoms with Crippen LogP contribution in [0.4, 0.5) is 0 Å². The van der Waals surface area contributed by atoms with E-state index in [0.717, 1.165) is 18.7 Å². The van der Waals surface area contributed by atoms with Crippen molar-refractivity contribution in [3.63, 3.8) is 0 Å². The quantitative estimate of drug-likeness (QED) is 0.788. The summed E-state index contributed by atoms with van der Waals surface area (Å²) in [6.07, 6.45) is 4.71. The third-order valence-corrected chi connectivity index (χ3v) is 3.57. The van der Waals surface area contributed by atoms with E-state index in [2.05, 4.69) is 51.2 Å². The monoisotopic (exact) mass is 261 g/mol. The van der Waals surface area contributed by atoms with E-state index < -0.39 is 0 Å². The Morgan fingerprint density at radius 2 is 2.05 bits per heavy atom. The molecule has 0 amide bonds. The van der Waals surface area contributed by atoms with Crippen LogP contribution in [-0.2, 0) is 12.8 Å². The normalized spacial score (nSPS) is 16.5.